The van der Waals surface area contributed by atoms with Crippen molar-refractivity contribution >= 4 is 11.7 Å². The molecule has 1 aliphatic rings. The van der Waals surface area contributed by atoms with Crippen molar-refractivity contribution in [1.82, 2.24) is 20.1 Å². The number of urea groups is 1. The lowest BCUT2D eigenvalue weighted by atomic mass is 9.96. The molecule has 6 nitrogen and oxygen atoms in total. The Morgan fingerprint density at radius 1 is 1.39 bits per heavy atom. The second-order valence-corrected chi connectivity index (χ2v) is 7.04. The monoisotopic (exact) mass is 319 g/mol. The third-order valence-electron chi connectivity index (χ3n) is 4.65. The largest absolute Gasteiger partial charge is 0.336 e. The van der Waals surface area contributed by atoms with Crippen molar-refractivity contribution in [1.29, 1.82) is 0 Å². The van der Waals surface area contributed by atoms with E-state index in [1.54, 1.807) is 18.5 Å². The Morgan fingerprint density at radius 3 is 2.65 bits per heavy atom. The van der Waals surface area contributed by atoms with Crippen LogP contribution >= 0.6 is 0 Å². The first-order valence-electron chi connectivity index (χ1n) is 8.25. The number of likely N-dealkylation sites (tertiary alicyclic amines) is 1. The molecule has 0 aromatic carbocycles. The van der Waals surface area contributed by atoms with Crippen LogP contribution in [0.2, 0.25) is 0 Å². The number of pyridine rings is 1. The number of aromatic nitrogens is 1. The molecule has 6 heteroatoms. The molecule has 0 atom stereocenters. The van der Waals surface area contributed by atoms with E-state index in [1.807, 2.05) is 6.07 Å². The summed E-state index contributed by atoms with van der Waals surface area (Å²) in [4.78, 5) is 20.8. The minimum atomic E-state index is -0.186. The van der Waals surface area contributed by atoms with Crippen molar-refractivity contribution in [2.24, 2.45) is 0 Å². The van der Waals surface area contributed by atoms with Gasteiger partial charge in [0.1, 0.15) is 0 Å². The first-order valence-corrected chi connectivity index (χ1v) is 8.25. The molecule has 0 radical (unpaired) electrons. The highest BCUT2D eigenvalue weighted by molar-refractivity contribution is 5.88. The van der Waals surface area contributed by atoms with Gasteiger partial charge in [-0.15, -0.1) is 0 Å². The van der Waals surface area contributed by atoms with Gasteiger partial charge in [-0.1, -0.05) is 0 Å². The Hall–Kier alpha value is -1.66. The number of hydrogen-bond donors (Lipinski definition) is 2. The fourth-order valence-corrected chi connectivity index (χ4v) is 3.01. The molecule has 1 aliphatic heterocycles. The predicted molar refractivity (Wildman–Crippen MR) is 93.6 cm³/mol. The number of carbonyl (C=O) groups is 1. The number of hydrogen-bond acceptors (Lipinski definition) is 4. The van der Waals surface area contributed by atoms with E-state index in [0.717, 1.165) is 13.1 Å². The van der Waals surface area contributed by atoms with Gasteiger partial charge in [0.25, 0.3) is 0 Å². The summed E-state index contributed by atoms with van der Waals surface area (Å²) in [6, 6.07) is 4.11. The predicted octanol–water partition coefficient (Wildman–Crippen LogP) is 2.01. The van der Waals surface area contributed by atoms with Gasteiger partial charge in [-0.05, 0) is 52.9 Å². The summed E-state index contributed by atoms with van der Waals surface area (Å²) < 4.78 is 0. The average molecular weight is 319 g/mol. The first-order chi connectivity index (χ1) is 10.9. The summed E-state index contributed by atoms with van der Waals surface area (Å²) >= 11 is 0. The number of rotatable bonds is 5. The molecule has 2 heterocycles. The zero-order valence-electron chi connectivity index (χ0n) is 14.7. The smallest absolute Gasteiger partial charge is 0.319 e. The third kappa shape index (κ3) is 5.18. The molecular formula is C17H29N5O. The van der Waals surface area contributed by atoms with Crippen LogP contribution in [0, 0.1) is 0 Å². The second kappa shape index (κ2) is 7.75. The minimum Gasteiger partial charge on any atom is -0.336 e. The van der Waals surface area contributed by atoms with Gasteiger partial charge >= 0.3 is 6.03 Å². The Morgan fingerprint density at radius 2 is 2.09 bits per heavy atom. The Labute approximate surface area is 139 Å². The number of amides is 2. The van der Waals surface area contributed by atoms with Crippen LogP contribution in [0.15, 0.2) is 24.5 Å². The van der Waals surface area contributed by atoms with Gasteiger partial charge in [0.15, 0.2) is 0 Å². The quantitative estimate of drug-likeness (QED) is 0.871. The summed E-state index contributed by atoms with van der Waals surface area (Å²) in [6.07, 6.45) is 5.68. The fourth-order valence-electron chi connectivity index (χ4n) is 3.01. The van der Waals surface area contributed by atoms with Gasteiger partial charge in [-0.25, -0.2) is 4.79 Å². The number of nitrogens with one attached hydrogen (secondary N) is 2. The van der Waals surface area contributed by atoms with Gasteiger partial charge in [-0.3, -0.25) is 9.88 Å². The molecule has 0 spiro atoms. The third-order valence-corrected chi connectivity index (χ3v) is 4.65. The summed E-state index contributed by atoms with van der Waals surface area (Å²) in [7, 11) is 4.30. The van der Waals surface area contributed by atoms with Gasteiger partial charge in [-0.2, -0.15) is 0 Å². The van der Waals surface area contributed by atoms with Gasteiger partial charge in [0.2, 0.25) is 0 Å². The minimum absolute atomic E-state index is 0.0520. The molecule has 0 aliphatic carbocycles. The van der Waals surface area contributed by atoms with E-state index in [0.29, 0.717) is 18.3 Å². The number of carbonyl (C=O) groups excluding carboxylic acids is 1. The number of nitrogens with zero attached hydrogens (tertiary/aromatic N) is 3. The second-order valence-electron chi connectivity index (χ2n) is 7.04. The molecule has 2 N–H and O–H groups in total. The normalized spacial score (nSPS) is 17.3. The molecule has 2 amide bonds. The molecule has 1 saturated heterocycles. The van der Waals surface area contributed by atoms with Crippen LogP contribution in [0.1, 0.15) is 26.7 Å². The van der Waals surface area contributed by atoms with E-state index < -0.39 is 0 Å². The van der Waals surface area contributed by atoms with Crippen LogP contribution in [0.5, 0.6) is 0 Å². The lowest BCUT2D eigenvalue weighted by Gasteiger charge is -2.44. The molecule has 0 saturated carbocycles. The maximum Gasteiger partial charge on any atom is 0.319 e. The van der Waals surface area contributed by atoms with Crippen LogP contribution in [0.4, 0.5) is 10.5 Å². The average Bonchev–Trinajstić information content (AvgIpc) is 2.54. The molecule has 1 aromatic rings. The van der Waals surface area contributed by atoms with Gasteiger partial charge in [0, 0.05) is 37.4 Å². The lowest BCUT2D eigenvalue weighted by Crippen LogP contribution is -2.56. The number of piperidine rings is 1. The molecule has 0 bridgehead atoms. The van der Waals surface area contributed by atoms with Crippen molar-refractivity contribution in [2.75, 3.05) is 39.0 Å². The van der Waals surface area contributed by atoms with Crippen molar-refractivity contribution in [2.45, 2.75) is 38.3 Å². The standard InChI is InChI=1S/C17H29N5O/c1-17(2,22-10-7-15(8-11-22)21(3)4)13-19-16(23)20-14-6-5-9-18-12-14/h5-6,9,12,15H,7-8,10-11,13H2,1-4H3,(H2,19,20,23). The first kappa shape index (κ1) is 17.7. The van der Waals surface area contributed by atoms with E-state index in [-0.39, 0.29) is 11.6 Å². The topological polar surface area (TPSA) is 60.5 Å². The van der Waals surface area contributed by atoms with Crippen LogP contribution in [0.25, 0.3) is 0 Å². The maximum absolute atomic E-state index is 12.0. The zero-order chi connectivity index (χ0) is 16.9. The highest BCUT2D eigenvalue weighted by atomic mass is 16.2. The molecule has 23 heavy (non-hydrogen) atoms. The summed E-state index contributed by atoms with van der Waals surface area (Å²) in [5.74, 6) is 0. The molecule has 1 fully saturated rings. The van der Waals surface area contributed by atoms with Crippen molar-refractivity contribution in [3.8, 4) is 0 Å². The fraction of sp³-hybridized carbons (Fsp3) is 0.647. The summed E-state index contributed by atoms with van der Waals surface area (Å²) in [5.41, 5.74) is 0.651. The Kier molecular flexibility index (Phi) is 5.96. The van der Waals surface area contributed by atoms with Crippen LogP contribution < -0.4 is 10.6 Å². The van der Waals surface area contributed by atoms with Crippen molar-refractivity contribution in [3.63, 3.8) is 0 Å². The Bertz CT molecular complexity index is 495. The van der Waals surface area contributed by atoms with E-state index in [1.165, 1.54) is 12.8 Å². The zero-order valence-corrected chi connectivity index (χ0v) is 14.7. The molecule has 2 rings (SSSR count). The van der Waals surface area contributed by atoms with Crippen LogP contribution in [-0.4, -0.2) is 66.1 Å². The number of anilines is 1. The van der Waals surface area contributed by atoms with E-state index in [9.17, 15) is 4.79 Å². The van der Waals surface area contributed by atoms with Crippen molar-refractivity contribution < 1.29 is 4.79 Å². The van der Waals surface area contributed by atoms with Gasteiger partial charge in [0.05, 0.1) is 11.9 Å². The van der Waals surface area contributed by atoms with Gasteiger partial charge < -0.3 is 15.5 Å². The Balaban J connectivity index is 1.78. The highest BCUT2D eigenvalue weighted by Crippen LogP contribution is 2.22. The lowest BCUT2D eigenvalue weighted by molar-refractivity contribution is 0.0634. The molecule has 0 unspecified atom stereocenters. The van der Waals surface area contributed by atoms with Crippen LogP contribution in [0.3, 0.4) is 0 Å². The SMILES string of the molecule is CN(C)C1CCN(C(C)(C)CNC(=O)Nc2cccnc2)CC1. The van der Waals surface area contributed by atoms with E-state index in [4.69, 9.17) is 0 Å². The maximum atomic E-state index is 12.0. The molecule has 128 valence electrons. The summed E-state index contributed by atoms with van der Waals surface area (Å²) in [6.45, 7) is 7.13. The highest BCUT2D eigenvalue weighted by Gasteiger charge is 2.31. The summed E-state index contributed by atoms with van der Waals surface area (Å²) in [5, 5.41) is 5.77. The van der Waals surface area contributed by atoms with E-state index >= 15 is 0 Å². The van der Waals surface area contributed by atoms with Crippen molar-refractivity contribution in [3.05, 3.63) is 24.5 Å². The van der Waals surface area contributed by atoms with Crippen LogP contribution in [-0.2, 0) is 0 Å². The molecule has 1 aromatic heterocycles. The van der Waals surface area contributed by atoms with E-state index in [2.05, 4.69) is 53.4 Å². The molecular weight excluding hydrogens is 290 g/mol.